The van der Waals surface area contributed by atoms with Crippen molar-refractivity contribution in [3.05, 3.63) is 28.9 Å². The van der Waals surface area contributed by atoms with Gasteiger partial charge in [0.15, 0.2) is 0 Å². The summed E-state index contributed by atoms with van der Waals surface area (Å²) in [7, 11) is 0. The first-order valence-corrected chi connectivity index (χ1v) is 5.28. The Morgan fingerprint density at radius 2 is 2.27 bits per heavy atom. The van der Waals surface area contributed by atoms with Crippen molar-refractivity contribution < 1.29 is 0 Å². The van der Waals surface area contributed by atoms with Gasteiger partial charge in [-0.25, -0.2) is 0 Å². The Morgan fingerprint density at radius 3 is 3.09 bits per heavy atom. The third kappa shape index (κ3) is 1.22. The van der Waals surface area contributed by atoms with Gasteiger partial charge in [-0.05, 0) is 0 Å². The fourth-order valence-corrected chi connectivity index (χ4v) is 2.69. The predicted molar refractivity (Wildman–Crippen MR) is 48.4 cm³/mol. The second kappa shape index (κ2) is 2.63. The summed E-state index contributed by atoms with van der Waals surface area (Å²) >= 11 is 6.23. The second-order valence-electron chi connectivity index (χ2n) is 2.47. The number of fused-ring (bicyclic) bond motifs is 1. The van der Waals surface area contributed by atoms with E-state index in [1.165, 1.54) is 9.65 Å². The maximum absolute atomic E-state index is 5.94. The van der Waals surface area contributed by atoms with E-state index in [1.807, 2.05) is 19.2 Å². The number of aryl methyl sites for hydroxylation is 1. The Kier molecular flexibility index (Phi) is 1.76. The molecule has 11 heavy (non-hydrogen) atoms. The minimum absolute atomic E-state index is 0.296. The molecule has 1 nitrogen and oxygen atoms in total. The first kappa shape index (κ1) is 7.35. The zero-order valence-corrected chi connectivity index (χ0v) is 8.43. The molecule has 1 aromatic carbocycles. The third-order valence-electron chi connectivity index (χ3n) is 1.63. The number of halogens is 1. The maximum atomic E-state index is 5.94. The first-order chi connectivity index (χ1) is 5.27. The van der Waals surface area contributed by atoms with Gasteiger partial charge in [0, 0.05) is 0 Å². The molecule has 56 valence electrons. The van der Waals surface area contributed by atoms with Crippen LogP contribution in [0.4, 0.5) is 0 Å². The molecule has 0 saturated carbocycles. The van der Waals surface area contributed by atoms with Crippen LogP contribution in [0.3, 0.4) is 0 Å². The van der Waals surface area contributed by atoms with Gasteiger partial charge in [-0.1, -0.05) is 0 Å². The molecule has 2 rings (SSSR count). The van der Waals surface area contributed by atoms with E-state index in [4.69, 9.17) is 11.6 Å². The molecule has 0 radical (unpaired) electrons. The Labute approximate surface area is 76.0 Å². The van der Waals surface area contributed by atoms with Crippen molar-refractivity contribution in [3.8, 4) is 0 Å². The molecule has 0 unspecified atom stereocenters. The van der Waals surface area contributed by atoms with Crippen LogP contribution in [0.5, 0.6) is 0 Å². The van der Waals surface area contributed by atoms with Crippen LogP contribution in [0.1, 0.15) is 5.56 Å². The summed E-state index contributed by atoms with van der Waals surface area (Å²) in [5.41, 5.74) is 1.15. The fraction of sp³-hybridized carbons (Fsp3) is 0.125. The fourth-order valence-electron chi connectivity index (χ4n) is 0.990. The van der Waals surface area contributed by atoms with Crippen molar-refractivity contribution in [3.63, 3.8) is 0 Å². The van der Waals surface area contributed by atoms with Gasteiger partial charge in [0.25, 0.3) is 0 Å². The van der Waals surface area contributed by atoms with Crippen LogP contribution in [-0.2, 0) is 0 Å². The van der Waals surface area contributed by atoms with E-state index in [2.05, 4.69) is 10.0 Å². The predicted octanol–water partition coefficient (Wildman–Crippen LogP) is 2.25. The Morgan fingerprint density at radius 1 is 1.45 bits per heavy atom. The van der Waals surface area contributed by atoms with Gasteiger partial charge < -0.3 is 0 Å². The van der Waals surface area contributed by atoms with Crippen molar-refractivity contribution in [2.24, 2.45) is 0 Å². The summed E-state index contributed by atoms with van der Waals surface area (Å²) in [6, 6.07) is 4.12. The molecule has 3 heteroatoms. The van der Waals surface area contributed by atoms with Crippen LogP contribution in [0.25, 0.3) is 9.65 Å². The molecular formula is C8H6ClNSe. The molecule has 0 aliphatic carbocycles. The molecule has 0 spiro atoms. The van der Waals surface area contributed by atoms with Crippen LogP contribution < -0.4 is 0 Å². The number of nitrogens with zero attached hydrogens (tertiary/aromatic N) is 1. The van der Waals surface area contributed by atoms with Crippen LogP contribution in [-0.4, -0.2) is 18.7 Å². The van der Waals surface area contributed by atoms with E-state index in [0.29, 0.717) is 14.7 Å². The quantitative estimate of drug-likeness (QED) is 0.633. The number of hydrogen-bond acceptors (Lipinski definition) is 1. The monoisotopic (exact) mass is 231 g/mol. The normalized spacial score (nSPS) is 10.7. The van der Waals surface area contributed by atoms with Gasteiger partial charge in [0.2, 0.25) is 0 Å². The third-order valence-corrected chi connectivity index (χ3v) is 3.64. The molecule has 2 aromatic rings. The molecule has 0 N–H and O–H groups in total. The van der Waals surface area contributed by atoms with Crippen LogP contribution in [0, 0.1) is 6.92 Å². The summed E-state index contributed by atoms with van der Waals surface area (Å²) in [5, 5.41) is 2.04. The molecule has 1 heterocycles. The molecule has 0 bridgehead atoms. The number of benzene rings is 1. The van der Waals surface area contributed by atoms with Gasteiger partial charge >= 0.3 is 75.8 Å². The number of hydrogen-bond donors (Lipinski definition) is 0. The Hall–Kier alpha value is -0.301. The molecule has 0 aliphatic rings. The summed E-state index contributed by atoms with van der Waals surface area (Å²) < 4.78 is 5.56. The van der Waals surface area contributed by atoms with Gasteiger partial charge in [0.1, 0.15) is 0 Å². The minimum atomic E-state index is 0.296. The molecule has 0 saturated heterocycles. The van der Waals surface area contributed by atoms with Crippen molar-refractivity contribution in [1.29, 1.82) is 0 Å². The molecule has 0 amide bonds. The SMILES string of the molecule is Cc1cc2[se]ncc2cc1Cl. The molecule has 0 fully saturated rings. The van der Waals surface area contributed by atoms with E-state index in [-0.39, 0.29) is 0 Å². The summed E-state index contributed by atoms with van der Waals surface area (Å²) in [5.74, 6) is 0. The molecule has 1 aromatic heterocycles. The van der Waals surface area contributed by atoms with Crippen LogP contribution >= 0.6 is 11.6 Å². The number of aromatic nitrogens is 1. The van der Waals surface area contributed by atoms with Crippen molar-refractivity contribution >= 4 is 36.0 Å². The average Bonchev–Trinajstić information content (AvgIpc) is 2.36. The van der Waals surface area contributed by atoms with Crippen molar-refractivity contribution in [2.75, 3.05) is 0 Å². The summed E-state index contributed by atoms with van der Waals surface area (Å²) in [6.07, 6.45) is 1.90. The first-order valence-electron chi connectivity index (χ1n) is 3.28. The molecule has 0 atom stereocenters. The van der Waals surface area contributed by atoms with Gasteiger partial charge in [-0.15, -0.1) is 0 Å². The van der Waals surface area contributed by atoms with Gasteiger partial charge in [-0.3, -0.25) is 0 Å². The van der Waals surface area contributed by atoms with Crippen molar-refractivity contribution in [1.82, 2.24) is 3.98 Å². The van der Waals surface area contributed by atoms with Gasteiger partial charge in [0.05, 0.1) is 0 Å². The van der Waals surface area contributed by atoms with Crippen LogP contribution in [0.2, 0.25) is 5.02 Å². The topological polar surface area (TPSA) is 12.9 Å². The Balaban J connectivity index is 2.86. The van der Waals surface area contributed by atoms with E-state index >= 15 is 0 Å². The summed E-state index contributed by atoms with van der Waals surface area (Å²) in [6.45, 7) is 2.02. The number of rotatable bonds is 0. The van der Waals surface area contributed by atoms with Crippen LogP contribution in [0.15, 0.2) is 18.3 Å². The van der Waals surface area contributed by atoms with E-state index < -0.39 is 0 Å². The summed E-state index contributed by atoms with van der Waals surface area (Å²) in [4.78, 5) is 0. The molecule has 0 aliphatic heterocycles. The standard InChI is InChI=1S/C8H6ClNSe/c1-5-2-8-6(3-7(5)9)4-10-11-8/h2-4H,1H3. The zero-order valence-electron chi connectivity index (χ0n) is 5.97. The zero-order chi connectivity index (χ0) is 7.84. The average molecular weight is 231 g/mol. The van der Waals surface area contributed by atoms with E-state index in [1.54, 1.807) is 0 Å². The molecular weight excluding hydrogens is 225 g/mol. The van der Waals surface area contributed by atoms with Crippen molar-refractivity contribution in [2.45, 2.75) is 6.92 Å². The van der Waals surface area contributed by atoms with E-state index in [9.17, 15) is 0 Å². The second-order valence-corrected chi connectivity index (χ2v) is 4.62. The van der Waals surface area contributed by atoms with Gasteiger partial charge in [-0.2, -0.15) is 0 Å². The van der Waals surface area contributed by atoms with E-state index in [0.717, 1.165) is 10.6 Å². The Bertz CT molecular complexity index is 358.